The van der Waals surface area contributed by atoms with E-state index in [0.717, 1.165) is 17.7 Å². The number of nitrogens with one attached hydrogen (secondary N) is 1. The van der Waals surface area contributed by atoms with Crippen LogP contribution >= 0.6 is 0 Å². The summed E-state index contributed by atoms with van der Waals surface area (Å²) >= 11 is 0. The second-order valence-corrected chi connectivity index (χ2v) is 5.94. The van der Waals surface area contributed by atoms with Gasteiger partial charge < -0.3 is 10.2 Å². The standard InChI is InChI=1S/C20H21N5O/c1-25(13-9-16-7-11-21-12-8-16)20(26)17-5-6-19(23-14-17)24-15-18-4-2-3-10-22-18/h2-8,10-12,14H,9,13,15H2,1H3,(H,23,24). The first kappa shape index (κ1) is 17.5. The molecule has 0 aliphatic rings. The fourth-order valence-corrected chi connectivity index (χ4v) is 2.48. The van der Waals surface area contributed by atoms with Crippen molar-refractivity contribution in [2.45, 2.75) is 13.0 Å². The number of pyridine rings is 3. The van der Waals surface area contributed by atoms with Gasteiger partial charge in [0.05, 0.1) is 17.8 Å². The molecule has 1 amide bonds. The lowest BCUT2D eigenvalue weighted by Gasteiger charge is -2.17. The number of likely N-dealkylation sites (N-methyl/N-ethyl adjacent to an activating group) is 1. The molecule has 0 atom stereocenters. The number of rotatable bonds is 7. The first-order valence-corrected chi connectivity index (χ1v) is 8.46. The highest BCUT2D eigenvalue weighted by molar-refractivity contribution is 5.93. The van der Waals surface area contributed by atoms with Crippen molar-refractivity contribution in [2.75, 3.05) is 18.9 Å². The largest absolute Gasteiger partial charge is 0.364 e. The molecule has 6 heteroatoms. The number of hydrogen-bond acceptors (Lipinski definition) is 5. The van der Waals surface area contributed by atoms with Gasteiger partial charge in [0.1, 0.15) is 5.82 Å². The minimum Gasteiger partial charge on any atom is -0.364 e. The minimum absolute atomic E-state index is 0.0390. The van der Waals surface area contributed by atoms with Gasteiger partial charge in [0.25, 0.3) is 5.91 Å². The number of aromatic nitrogens is 3. The van der Waals surface area contributed by atoms with E-state index in [1.807, 2.05) is 36.4 Å². The Bertz CT molecular complexity index is 822. The Morgan fingerprint density at radius 1 is 1.04 bits per heavy atom. The molecule has 0 unspecified atom stereocenters. The fraction of sp³-hybridized carbons (Fsp3) is 0.200. The van der Waals surface area contributed by atoms with Crippen molar-refractivity contribution in [3.05, 3.63) is 84.1 Å². The maximum absolute atomic E-state index is 12.5. The van der Waals surface area contributed by atoms with Crippen molar-refractivity contribution in [3.63, 3.8) is 0 Å². The number of nitrogens with zero attached hydrogens (tertiary/aromatic N) is 4. The summed E-state index contributed by atoms with van der Waals surface area (Å²) < 4.78 is 0. The molecule has 26 heavy (non-hydrogen) atoms. The molecule has 0 radical (unpaired) electrons. The summed E-state index contributed by atoms with van der Waals surface area (Å²) in [7, 11) is 1.80. The van der Waals surface area contributed by atoms with E-state index in [0.29, 0.717) is 24.5 Å². The summed E-state index contributed by atoms with van der Waals surface area (Å²) in [6.07, 6.45) is 7.68. The fourth-order valence-electron chi connectivity index (χ4n) is 2.48. The number of anilines is 1. The smallest absolute Gasteiger partial charge is 0.255 e. The molecule has 0 spiro atoms. The molecule has 0 aromatic carbocycles. The van der Waals surface area contributed by atoms with E-state index in [4.69, 9.17) is 0 Å². The zero-order valence-electron chi connectivity index (χ0n) is 14.7. The van der Waals surface area contributed by atoms with Crippen molar-refractivity contribution in [1.82, 2.24) is 19.9 Å². The van der Waals surface area contributed by atoms with Crippen molar-refractivity contribution in [1.29, 1.82) is 0 Å². The molecule has 0 aliphatic carbocycles. The molecule has 6 nitrogen and oxygen atoms in total. The number of carbonyl (C=O) groups excluding carboxylic acids is 1. The lowest BCUT2D eigenvalue weighted by molar-refractivity contribution is 0.0796. The predicted octanol–water partition coefficient (Wildman–Crippen LogP) is 2.80. The van der Waals surface area contributed by atoms with Gasteiger partial charge in [0.15, 0.2) is 0 Å². The van der Waals surface area contributed by atoms with E-state index >= 15 is 0 Å². The second-order valence-electron chi connectivity index (χ2n) is 5.94. The Morgan fingerprint density at radius 3 is 2.58 bits per heavy atom. The number of amides is 1. The summed E-state index contributed by atoms with van der Waals surface area (Å²) in [5, 5.41) is 3.20. The summed E-state index contributed by atoms with van der Waals surface area (Å²) in [6, 6.07) is 13.3. The summed E-state index contributed by atoms with van der Waals surface area (Å²) in [5.74, 6) is 0.675. The van der Waals surface area contributed by atoms with Crippen molar-refractivity contribution < 1.29 is 4.79 Å². The Kier molecular flexibility index (Phi) is 5.88. The molecule has 3 heterocycles. The highest BCUT2D eigenvalue weighted by atomic mass is 16.2. The Balaban J connectivity index is 1.52. The van der Waals surface area contributed by atoms with Gasteiger partial charge in [-0.05, 0) is 48.4 Å². The van der Waals surface area contributed by atoms with Crippen LogP contribution in [0.4, 0.5) is 5.82 Å². The molecule has 1 N–H and O–H groups in total. The van der Waals surface area contributed by atoms with E-state index in [1.165, 1.54) is 0 Å². The zero-order chi connectivity index (χ0) is 18.2. The predicted molar refractivity (Wildman–Crippen MR) is 101 cm³/mol. The number of carbonyl (C=O) groups is 1. The molecule has 3 aromatic rings. The van der Waals surface area contributed by atoms with Crippen LogP contribution in [0.2, 0.25) is 0 Å². The van der Waals surface area contributed by atoms with Crippen molar-refractivity contribution in [3.8, 4) is 0 Å². The summed E-state index contributed by atoms with van der Waals surface area (Å²) in [6.45, 7) is 1.23. The van der Waals surface area contributed by atoms with E-state index < -0.39 is 0 Å². The van der Waals surface area contributed by atoms with Crippen LogP contribution in [0.3, 0.4) is 0 Å². The maximum Gasteiger partial charge on any atom is 0.255 e. The average Bonchev–Trinajstić information content (AvgIpc) is 2.72. The normalized spacial score (nSPS) is 10.3. The zero-order valence-corrected chi connectivity index (χ0v) is 14.7. The topological polar surface area (TPSA) is 71.0 Å². The highest BCUT2D eigenvalue weighted by Crippen LogP contribution is 2.09. The second kappa shape index (κ2) is 8.71. The minimum atomic E-state index is -0.0390. The molecular weight excluding hydrogens is 326 g/mol. The van der Waals surface area contributed by atoms with Crippen molar-refractivity contribution >= 4 is 11.7 Å². The molecule has 0 fully saturated rings. The average molecular weight is 347 g/mol. The molecule has 0 saturated carbocycles. The van der Waals surface area contributed by atoms with Gasteiger partial charge in [-0.25, -0.2) is 4.98 Å². The maximum atomic E-state index is 12.5. The van der Waals surface area contributed by atoms with Gasteiger partial charge in [0.2, 0.25) is 0 Å². The van der Waals surface area contributed by atoms with Crippen LogP contribution in [0.1, 0.15) is 21.6 Å². The summed E-state index contributed by atoms with van der Waals surface area (Å²) in [5.41, 5.74) is 2.67. The van der Waals surface area contributed by atoms with E-state index in [9.17, 15) is 4.79 Å². The van der Waals surface area contributed by atoms with Crippen LogP contribution < -0.4 is 5.32 Å². The van der Waals surface area contributed by atoms with Crippen LogP contribution in [0.25, 0.3) is 0 Å². The third-order valence-electron chi connectivity index (χ3n) is 4.02. The Morgan fingerprint density at radius 2 is 1.88 bits per heavy atom. The van der Waals surface area contributed by atoms with Gasteiger partial charge in [-0.2, -0.15) is 0 Å². The monoisotopic (exact) mass is 347 g/mol. The third-order valence-corrected chi connectivity index (χ3v) is 4.02. The molecular formula is C20H21N5O. The third kappa shape index (κ3) is 4.86. The van der Waals surface area contributed by atoms with Gasteiger partial charge in [-0.3, -0.25) is 14.8 Å². The Labute approximate surface area is 153 Å². The quantitative estimate of drug-likeness (QED) is 0.712. The van der Waals surface area contributed by atoms with Crippen LogP contribution in [-0.4, -0.2) is 39.4 Å². The first-order chi connectivity index (χ1) is 12.7. The van der Waals surface area contributed by atoms with Crippen LogP contribution in [0.15, 0.2) is 67.3 Å². The van der Waals surface area contributed by atoms with Crippen LogP contribution in [0, 0.1) is 0 Å². The van der Waals surface area contributed by atoms with Gasteiger partial charge >= 0.3 is 0 Å². The van der Waals surface area contributed by atoms with E-state index in [2.05, 4.69) is 20.3 Å². The SMILES string of the molecule is CN(CCc1ccncc1)C(=O)c1ccc(NCc2ccccn2)nc1. The van der Waals surface area contributed by atoms with Crippen molar-refractivity contribution in [2.24, 2.45) is 0 Å². The Hall–Kier alpha value is -3.28. The molecule has 132 valence electrons. The molecule has 3 rings (SSSR count). The summed E-state index contributed by atoms with van der Waals surface area (Å²) in [4.78, 5) is 26.8. The molecule has 0 bridgehead atoms. The van der Waals surface area contributed by atoms with Gasteiger partial charge in [-0.1, -0.05) is 6.07 Å². The number of hydrogen-bond donors (Lipinski definition) is 1. The van der Waals surface area contributed by atoms with Crippen LogP contribution in [-0.2, 0) is 13.0 Å². The molecule has 0 saturated heterocycles. The van der Waals surface area contributed by atoms with Gasteiger partial charge in [0, 0.05) is 38.4 Å². The van der Waals surface area contributed by atoms with Gasteiger partial charge in [-0.15, -0.1) is 0 Å². The molecule has 3 aromatic heterocycles. The van der Waals surface area contributed by atoms with Crippen LogP contribution in [0.5, 0.6) is 0 Å². The first-order valence-electron chi connectivity index (χ1n) is 8.46. The van der Waals surface area contributed by atoms with E-state index in [1.54, 1.807) is 42.8 Å². The lowest BCUT2D eigenvalue weighted by Crippen LogP contribution is -2.29. The highest BCUT2D eigenvalue weighted by Gasteiger charge is 2.12. The molecule has 0 aliphatic heterocycles. The van der Waals surface area contributed by atoms with E-state index in [-0.39, 0.29) is 5.91 Å². The lowest BCUT2D eigenvalue weighted by atomic mass is 10.2.